The SMILES string of the molecule is CCOCCC1(C(=O)Nc2cccc(C(C)C(=O)O)c2)CCCC1. The molecule has 1 aliphatic rings. The van der Waals surface area contributed by atoms with E-state index in [0.717, 1.165) is 32.1 Å². The molecule has 24 heavy (non-hydrogen) atoms. The van der Waals surface area contributed by atoms with Gasteiger partial charge in [0.1, 0.15) is 0 Å². The van der Waals surface area contributed by atoms with Crippen LogP contribution in [0, 0.1) is 5.41 Å². The fourth-order valence-corrected chi connectivity index (χ4v) is 3.35. The maximum absolute atomic E-state index is 12.9. The van der Waals surface area contributed by atoms with E-state index in [1.54, 1.807) is 31.2 Å². The molecule has 0 radical (unpaired) electrons. The predicted octanol–water partition coefficient (Wildman–Crippen LogP) is 3.80. The number of aliphatic carboxylic acids is 1. The Kier molecular flexibility index (Phi) is 6.37. The third-order valence-corrected chi connectivity index (χ3v) is 4.99. The van der Waals surface area contributed by atoms with Crippen LogP contribution in [-0.2, 0) is 14.3 Å². The first kappa shape index (κ1) is 18.5. The Morgan fingerprint density at radius 1 is 1.33 bits per heavy atom. The van der Waals surface area contributed by atoms with Gasteiger partial charge in [0, 0.05) is 18.9 Å². The number of carbonyl (C=O) groups is 2. The largest absolute Gasteiger partial charge is 0.481 e. The number of ether oxygens (including phenoxy) is 1. The number of amides is 1. The molecule has 0 heterocycles. The summed E-state index contributed by atoms with van der Waals surface area (Å²) in [6, 6.07) is 7.11. The molecule has 1 aromatic carbocycles. The summed E-state index contributed by atoms with van der Waals surface area (Å²) in [7, 11) is 0. The minimum Gasteiger partial charge on any atom is -0.481 e. The molecule has 2 N–H and O–H groups in total. The van der Waals surface area contributed by atoms with E-state index < -0.39 is 11.9 Å². The summed E-state index contributed by atoms with van der Waals surface area (Å²) in [6.45, 7) is 4.85. The van der Waals surface area contributed by atoms with Crippen LogP contribution in [0.4, 0.5) is 5.69 Å². The topological polar surface area (TPSA) is 75.6 Å². The summed E-state index contributed by atoms with van der Waals surface area (Å²) in [5.41, 5.74) is 0.993. The number of carboxylic acid groups (broad SMARTS) is 1. The third kappa shape index (κ3) is 4.35. The van der Waals surface area contributed by atoms with Gasteiger partial charge >= 0.3 is 5.97 Å². The summed E-state index contributed by atoms with van der Waals surface area (Å²) in [6.07, 6.45) is 4.64. The first-order chi connectivity index (χ1) is 11.5. The van der Waals surface area contributed by atoms with Gasteiger partial charge in [0.05, 0.1) is 11.3 Å². The van der Waals surface area contributed by atoms with Gasteiger partial charge < -0.3 is 15.2 Å². The van der Waals surface area contributed by atoms with Crippen molar-refractivity contribution in [3.63, 3.8) is 0 Å². The van der Waals surface area contributed by atoms with Gasteiger partial charge in [-0.05, 0) is 50.8 Å². The van der Waals surface area contributed by atoms with Crippen molar-refractivity contribution in [2.75, 3.05) is 18.5 Å². The number of benzene rings is 1. The molecule has 1 amide bonds. The summed E-state index contributed by atoms with van der Waals surface area (Å²) in [5, 5.41) is 12.1. The quantitative estimate of drug-likeness (QED) is 0.710. The van der Waals surface area contributed by atoms with Crippen LogP contribution >= 0.6 is 0 Å². The van der Waals surface area contributed by atoms with Crippen molar-refractivity contribution in [1.82, 2.24) is 0 Å². The van der Waals surface area contributed by atoms with Crippen LogP contribution in [0.2, 0.25) is 0 Å². The summed E-state index contributed by atoms with van der Waals surface area (Å²) in [4.78, 5) is 24.0. The highest BCUT2D eigenvalue weighted by Gasteiger charge is 2.40. The van der Waals surface area contributed by atoms with E-state index >= 15 is 0 Å². The van der Waals surface area contributed by atoms with Gasteiger partial charge in [0.15, 0.2) is 0 Å². The van der Waals surface area contributed by atoms with Crippen LogP contribution in [0.25, 0.3) is 0 Å². The van der Waals surface area contributed by atoms with Crippen LogP contribution in [-0.4, -0.2) is 30.2 Å². The number of carboxylic acids is 1. The van der Waals surface area contributed by atoms with Crippen molar-refractivity contribution >= 4 is 17.6 Å². The van der Waals surface area contributed by atoms with Gasteiger partial charge in [-0.1, -0.05) is 25.0 Å². The van der Waals surface area contributed by atoms with Crippen molar-refractivity contribution in [2.24, 2.45) is 5.41 Å². The third-order valence-electron chi connectivity index (χ3n) is 4.99. The zero-order chi connectivity index (χ0) is 17.6. The van der Waals surface area contributed by atoms with Gasteiger partial charge in [0.25, 0.3) is 0 Å². The Balaban J connectivity index is 2.09. The predicted molar refractivity (Wildman–Crippen MR) is 93.1 cm³/mol. The normalized spacial score (nSPS) is 17.4. The molecule has 1 saturated carbocycles. The van der Waals surface area contributed by atoms with Crippen molar-refractivity contribution in [1.29, 1.82) is 0 Å². The number of hydrogen-bond acceptors (Lipinski definition) is 3. The molecule has 1 atom stereocenters. The Morgan fingerprint density at radius 3 is 2.67 bits per heavy atom. The number of rotatable bonds is 8. The number of nitrogens with one attached hydrogen (secondary N) is 1. The van der Waals surface area contributed by atoms with Crippen LogP contribution in [0.1, 0.15) is 57.4 Å². The Morgan fingerprint density at radius 2 is 2.04 bits per heavy atom. The lowest BCUT2D eigenvalue weighted by Crippen LogP contribution is -2.35. The van der Waals surface area contributed by atoms with E-state index in [1.165, 1.54) is 0 Å². The van der Waals surface area contributed by atoms with E-state index in [0.29, 0.717) is 24.5 Å². The van der Waals surface area contributed by atoms with Crippen molar-refractivity contribution < 1.29 is 19.4 Å². The molecule has 0 spiro atoms. The molecule has 2 rings (SSSR count). The maximum Gasteiger partial charge on any atom is 0.310 e. The van der Waals surface area contributed by atoms with Crippen molar-refractivity contribution in [2.45, 2.75) is 51.9 Å². The molecule has 1 unspecified atom stereocenters. The van der Waals surface area contributed by atoms with Gasteiger partial charge in [0.2, 0.25) is 5.91 Å². The summed E-state index contributed by atoms with van der Waals surface area (Å²) >= 11 is 0. The zero-order valence-corrected chi connectivity index (χ0v) is 14.5. The molecule has 0 bridgehead atoms. The number of carbonyl (C=O) groups excluding carboxylic acids is 1. The van der Waals surface area contributed by atoms with Crippen LogP contribution in [0.5, 0.6) is 0 Å². The minimum atomic E-state index is -0.873. The second kappa shape index (κ2) is 8.29. The lowest BCUT2D eigenvalue weighted by molar-refractivity contribution is -0.138. The second-order valence-corrected chi connectivity index (χ2v) is 6.57. The average Bonchev–Trinajstić information content (AvgIpc) is 3.04. The average molecular weight is 333 g/mol. The first-order valence-electron chi connectivity index (χ1n) is 8.70. The molecule has 1 aliphatic carbocycles. The maximum atomic E-state index is 12.9. The van der Waals surface area contributed by atoms with Gasteiger partial charge in [-0.2, -0.15) is 0 Å². The molecule has 0 aromatic heterocycles. The summed E-state index contributed by atoms with van der Waals surface area (Å²) in [5.74, 6) is -1.44. The first-order valence-corrected chi connectivity index (χ1v) is 8.70. The summed E-state index contributed by atoms with van der Waals surface area (Å²) < 4.78 is 5.45. The fourth-order valence-electron chi connectivity index (χ4n) is 3.35. The lowest BCUT2D eigenvalue weighted by atomic mass is 9.82. The molecule has 0 aliphatic heterocycles. The lowest BCUT2D eigenvalue weighted by Gasteiger charge is -2.27. The Bertz CT molecular complexity index is 578. The molecule has 5 nitrogen and oxygen atoms in total. The van der Waals surface area contributed by atoms with Gasteiger partial charge in [-0.15, -0.1) is 0 Å². The number of anilines is 1. The zero-order valence-electron chi connectivity index (χ0n) is 14.5. The van der Waals surface area contributed by atoms with E-state index in [9.17, 15) is 9.59 Å². The highest BCUT2D eigenvalue weighted by molar-refractivity contribution is 5.95. The van der Waals surface area contributed by atoms with Crippen LogP contribution in [0.15, 0.2) is 24.3 Å². The standard InChI is InChI=1S/C19H27NO4/c1-3-24-12-11-19(9-4-5-10-19)18(23)20-16-8-6-7-15(13-16)14(2)17(21)22/h6-8,13-14H,3-5,9-12H2,1-2H3,(H,20,23)(H,21,22). The Labute approximate surface area is 143 Å². The smallest absolute Gasteiger partial charge is 0.310 e. The second-order valence-electron chi connectivity index (χ2n) is 6.57. The molecule has 5 heteroatoms. The van der Waals surface area contributed by atoms with E-state index in [1.807, 2.05) is 6.92 Å². The fraction of sp³-hybridized carbons (Fsp3) is 0.579. The molecular formula is C19H27NO4. The highest BCUT2D eigenvalue weighted by atomic mass is 16.5. The molecule has 1 aromatic rings. The Hall–Kier alpha value is -1.88. The van der Waals surface area contributed by atoms with Crippen LogP contribution < -0.4 is 5.32 Å². The highest BCUT2D eigenvalue weighted by Crippen LogP contribution is 2.42. The minimum absolute atomic E-state index is 0.0276. The molecular weight excluding hydrogens is 306 g/mol. The van der Waals surface area contributed by atoms with E-state index in [-0.39, 0.29) is 11.3 Å². The molecule has 1 fully saturated rings. The van der Waals surface area contributed by atoms with Gasteiger partial charge in [-0.25, -0.2) is 0 Å². The number of hydrogen-bond donors (Lipinski definition) is 2. The van der Waals surface area contributed by atoms with E-state index in [4.69, 9.17) is 9.84 Å². The van der Waals surface area contributed by atoms with Crippen molar-refractivity contribution in [3.05, 3.63) is 29.8 Å². The van der Waals surface area contributed by atoms with Crippen molar-refractivity contribution in [3.8, 4) is 0 Å². The molecule has 132 valence electrons. The monoisotopic (exact) mass is 333 g/mol. The molecule has 0 saturated heterocycles. The van der Waals surface area contributed by atoms with Gasteiger partial charge in [-0.3, -0.25) is 9.59 Å². The van der Waals surface area contributed by atoms with Crippen LogP contribution in [0.3, 0.4) is 0 Å². The van der Waals surface area contributed by atoms with E-state index in [2.05, 4.69) is 5.32 Å².